The minimum absolute atomic E-state index is 0. The van der Waals surface area contributed by atoms with Gasteiger partial charge in [-0.1, -0.05) is 238 Å². The average Bonchev–Trinajstić information content (AvgIpc) is 4.07. The second-order valence-electron chi connectivity index (χ2n) is 23.9. The molecule has 0 fully saturated rings. The summed E-state index contributed by atoms with van der Waals surface area (Å²) in [4.78, 5) is 10.5. The molecule has 0 atom stereocenters. The molecule has 0 amide bonds. The SMILES string of the molecule is Cc1cc(-n2c3[c-]c(Oc4[c-]c(-n5[c-][n+](-c6cc(C(C)(C)C)cc(C(C)(C)C)c6)c(-c6c(-c7ccccc7)cccc6-c6ccccc6)n5)nc(C(C)(C)C)c4)ccc3c3cc(-c4ccccc4)ccc32)ncc1-c1ccccc1.[Pt]. The third-order valence-corrected chi connectivity index (χ3v) is 15.1. The average molecular weight is 1240 g/mol. The van der Waals surface area contributed by atoms with Gasteiger partial charge in [-0.05, 0) is 113 Å². The van der Waals surface area contributed by atoms with E-state index in [-0.39, 0.29) is 37.3 Å². The van der Waals surface area contributed by atoms with Crippen LogP contribution in [0.15, 0.2) is 206 Å². The van der Waals surface area contributed by atoms with E-state index >= 15 is 0 Å². The van der Waals surface area contributed by atoms with Crippen LogP contribution in [0, 0.1) is 25.4 Å². The van der Waals surface area contributed by atoms with Crippen LogP contribution in [0.2, 0.25) is 0 Å². The number of aryl methyl sites for hydroxylation is 1. The van der Waals surface area contributed by atoms with Crippen LogP contribution in [0.4, 0.5) is 0 Å². The van der Waals surface area contributed by atoms with E-state index in [0.29, 0.717) is 23.1 Å². The number of aromatic nitrogens is 6. The van der Waals surface area contributed by atoms with Crippen LogP contribution in [0.1, 0.15) is 84.7 Å². The molecular formula is C73H64N6OPt-2. The van der Waals surface area contributed by atoms with Crippen molar-refractivity contribution in [2.45, 2.75) is 85.5 Å². The predicted octanol–water partition coefficient (Wildman–Crippen LogP) is 17.8. The van der Waals surface area contributed by atoms with E-state index in [1.54, 1.807) is 4.68 Å². The summed E-state index contributed by atoms with van der Waals surface area (Å²) in [6, 6.07) is 77.7. The molecule has 12 aromatic rings. The number of hydrogen-bond donors (Lipinski definition) is 0. The molecule has 4 aromatic heterocycles. The van der Waals surface area contributed by atoms with E-state index in [0.717, 1.165) is 94.6 Å². The Hall–Kier alpha value is -8.51. The van der Waals surface area contributed by atoms with E-state index in [2.05, 4.69) is 279 Å². The van der Waals surface area contributed by atoms with Crippen molar-refractivity contribution in [3.63, 3.8) is 0 Å². The molecule has 0 aliphatic carbocycles. The van der Waals surface area contributed by atoms with E-state index in [1.807, 2.05) is 24.4 Å². The van der Waals surface area contributed by atoms with Crippen molar-refractivity contribution in [3.05, 3.63) is 247 Å². The Morgan fingerprint density at radius 2 is 1.06 bits per heavy atom. The molecule has 0 saturated carbocycles. The zero-order valence-corrected chi connectivity index (χ0v) is 49.8. The van der Waals surface area contributed by atoms with Gasteiger partial charge in [0.05, 0.1) is 5.82 Å². The number of hydrogen-bond acceptors (Lipinski definition) is 4. The summed E-state index contributed by atoms with van der Waals surface area (Å²) in [7, 11) is 0. The summed E-state index contributed by atoms with van der Waals surface area (Å²) < 4.78 is 13.0. The Kier molecular flexibility index (Phi) is 14.5. The molecule has 4 heterocycles. The summed E-state index contributed by atoms with van der Waals surface area (Å²) in [6.45, 7) is 22.2. The minimum Gasteiger partial charge on any atom is -0.522 e. The molecule has 0 saturated heterocycles. The number of pyridine rings is 2. The summed E-state index contributed by atoms with van der Waals surface area (Å²) in [5.74, 6) is 2.93. The number of rotatable bonds is 10. The van der Waals surface area contributed by atoms with Crippen LogP contribution in [0.5, 0.6) is 11.5 Å². The molecule has 0 bridgehead atoms. The molecule has 0 spiro atoms. The molecule has 12 rings (SSSR count). The first-order valence-corrected chi connectivity index (χ1v) is 27.5. The Morgan fingerprint density at radius 3 is 1.62 bits per heavy atom. The van der Waals surface area contributed by atoms with Crippen LogP contribution >= 0.6 is 0 Å². The van der Waals surface area contributed by atoms with Gasteiger partial charge in [-0.15, -0.1) is 23.6 Å². The molecule has 0 aliphatic heterocycles. The zero-order valence-electron chi connectivity index (χ0n) is 47.5. The second-order valence-corrected chi connectivity index (χ2v) is 23.9. The molecule has 404 valence electrons. The molecule has 7 nitrogen and oxygen atoms in total. The summed E-state index contributed by atoms with van der Waals surface area (Å²) >= 11 is 0. The first-order valence-electron chi connectivity index (χ1n) is 27.5. The fourth-order valence-corrected chi connectivity index (χ4v) is 10.6. The third kappa shape index (κ3) is 10.8. The number of nitrogens with zero attached hydrogens (tertiary/aromatic N) is 6. The monoisotopic (exact) mass is 1240 g/mol. The van der Waals surface area contributed by atoms with Gasteiger partial charge in [0, 0.05) is 55.3 Å². The van der Waals surface area contributed by atoms with Crippen molar-refractivity contribution in [2.75, 3.05) is 0 Å². The van der Waals surface area contributed by atoms with Gasteiger partial charge in [0.25, 0.3) is 0 Å². The van der Waals surface area contributed by atoms with Crippen molar-refractivity contribution in [1.82, 2.24) is 24.3 Å². The van der Waals surface area contributed by atoms with Crippen molar-refractivity contribution >= 4 is 21.8 Å². The van der Waals surface area contributed by atoms with Gasteiger partial charge in [0.1, 0.15) is 5.82 Å². The van der Waals surface area contributed by atoms with Crippen LogP contribution in [-0.4, -0.2) is 24.3 Å². The molecule has 0 unspecified atom stereocenters. The predicted molar refractivity (Wildman–Crippen MR) is 326 cm³/mol. The van der Waals surface area contributed by atoms with Crippen molar-refractivity contribution in [3.8, 4) is 84.7 Å². The van der Waals surface area contributed by atoms with Crippen molar-refractivity contribution in [1.29, 1.82) is 0 Å². The minimum atomic E-state index is -0.386. The summed E-state index contributed by atoms with van der Waals surface area (Å²) in [5, 5.41) is 7.71. The quantitative estimate of drug-likeness (QED) is 0.101. The third-order valence-electron chi connectivity index (χ3n) is 15.1. The number of benzene rings is 8. The maximum Gasteiger partial charge on any atom is 0.233 e. The van der Waals surface area contributed by atoms with E-state index < -0.39 is 0 Å². The molecule has 8 heteroatoms. The van der Waals surface area contributed by atoms with E-state index in [1.165, 1.54) is 11.1 Å². The van der Waals surface area contributed by atoms with Crippen LogP contribution in [0.3, 0.4) is 0 Å². The smallest absolute Gasteiger partial charge is 0.233 e. The van der Waals surface area contributed by atoms with Gasteiger partial charge in [0.2, 0.25) is 12.2 Å². The Bertz CT molecular complexity index is 4170. The fraction of sp³-hybridized carbons (Fsp3) is 0.178. The van der Waals surface area contributed by atoms with Gasteiger partial charge >= 0.3 is 0 Å². The molecule has 0 radical (unpaired) electrons. The van der Waals surface area contributed by atoms with Gasteiger partial charge < -0.3 is 18.9 Å². The number of ether oxygens (including phenoxy) is 1. The first kappa shape index (κ1) is 54.4. The normalized spacial score (nSPS) is 12.0. The van der Waals surface area contributed by atoms with Crippen molar-refractivity contribution < 1.29 is 30.4 Å². The van der Waals surface area contributed by atoms with Crippen molar-refractivity contribution in [2.24, 2.45) is 0 Å². The second kappa shape index (κ2) is 21.5. The molecule has 0 N–H and O–H groups in total. The van der Waals surface area contributed by atoms with Gasteiger partial charge in [0.15, 0.2) is 0 Å². The zero-order chi connectivity index (χ0) is 55.5. The largest absolute Gasteiger partial charge is 0.522 e. The molecule has 81 heavy (non-hydrogen) atoms. The fourth-order valence-electron chi connectivity index (χ4n) is 10.6. The maximum atomic E-state index is 6.98. The van der Waals surface area contributed by atoms with Gasteiger partial charge in [-0.2, -0.15) is 16.8 Å². The van der Waals surface area contributed by atoms with E-state index in [4.69, 9.17) is 19.8 Å². The first-order chi connectivity index (χ1) is 38.4. The van der Waals surface area contributed by atoms with E-state index in [9.17, 15) is 0 Å². The van der Waals surface area contributed by atoms with Crippen LogP contribution in [0.25, 0.3) is 95.0 Å². The molecule has 8 aromatic carbocycles. The van der Waals surface area contributed by atoms with Crippen LogP contribution < -0.4 is 9.30 Å². The Labute approximate surface area is 490 Å². The van der Waals surface area contributed by atoms with Crippen LogP contribution in [-0.2, 0) is 37.3 Å². The Balaban J connectivity index is 0.00000690. The standard InChI is InChI=1S/C73H64N6O.Pt/c1-48-38-67(74-46-63(48)52-30-21-14-22-31-52)79-64-37-34-53(49-24-15-11-16-25-49)39-62(64)61-36-35-57(43-65(61)79)80-58-44-66(73(8,9)10)75-68(45-58)78-47-77(56-41-54(71(2,3)4)40-55(42-56)72(5,6)7)70(76-78)69-59(50-26-17-12-18-27-50)32-23-33-60(69)51-28-19-13-20-29-51;/h11-42,44,46H,1-10H3;/q-2;. The topological polar surface area (TPSA) is 61.6 Å². The summed E-state index contributed by atoms with van der Waals surface area (Å²) in [5.41, 5.74) is 16.2. The molecule has 0 aliphatic rings. The number of fused-ring (bicyclic) bond motifs is 3. The maximum absolute atomic E-state index is 6.98. The molecular weight excluding hydrogens is 1170 g/mol. The van der Waals surface area contributed by atoms with Gasteiger partial charge in [-0.25, -0.2) is 4.98 Å². The van der Waals surface area contributed by atoms with Gasteiger partial charge in [-0.3, -0.25) is 0 Å². The summed E-state index contributed by atoms with van der Waals surface area (Å²) in [6.07, 6.45) is 5.73. The Morgan fingerprint density at radius 1 is 0.494 bits per heavy atom.